The monoisotopic (exact) mass is 416 g/mol. The summed E-state index contributed by atoms with van der Waals surface area (Å²) in [6.07, 6.45) is 6.39. The summed E-state index contributed by atoms with van der Waals surface area (Å²) >= 11 is 7.99. The van der Waals surface area contributed by atoms with Crippen molar-refractivity contribution < 1.29 is 9.84 Å². The van der Waals surface area contributed by atoms with Gasteiger partial charge in [-0.2, -0.15) is 0 Å². The highest BCUT2D eigenvalue weighted by atomic mass is 35.5. The van der Waals surface area contributed by atoms with Gasteiger partial charge in [0.1, 0.15) is 5.75 Å². The van der Waals surface area contributed by atoms with E-state index in [0.29, 0.717) is 11.1 Å². The zero-order valence-corrected chi connectivity index (χ0v) is 17.7. The summed E-state index contributed by atoms with van der Waals surface area (Å²) < 4.78 is 7.60. The normalized spacial score (nSPS) is 19.9. The average Bonchev–Trinajstić information content (AvgIpc) is 3.14. The number of aryl methyl sites for hydroxylation is 1. The van der Waals surface area contributed by atoms with Gasteiger partial charge in [0.25, 0.3) is 0 Å². The number of aliphatic hydroxyl groups excluding tert-OH is 1. The number of nitrogens with zero attached hydrogens (tertiary/aromatic N) is 1. The molecule has 0 radical (unpaired) electrons. The molecule has 0 saturated heterocycles. The number of aliphatic hydroxyl groups is 1. The molecule has 2 heterocycles. The number of thiophene rings is 1. The maximum Gasteiger partial charge on any atom is 0.130 e. The molecule has 1 aliphatic carbocycles. The van der Waals surface area contributed by atoms with E-state index in [-0.39, 0.29) is 12.7 Å². The van der Waals surface area contributed by atoms with Crippen LogP contribution in [-0.2, 0) is 6.61 Å². The highest BCUT2D eigenvalue weighted by Crippen LogP contribution is 2.42. The Balaban J connectivity index is 1.75. The largest absolute Gasteiger partial charge is 0.490 e. The molecule has 0 amide bonds. The summed E-state index contributed by atoms with van der Waals surface area (Å²) in [5.41, 5.74) is 3.99. The Morgan fingerprint density at radius 3 is 2.71 bits per heavy atom. The van der Waals surface area contributed by atoms with E-state index in [2.05, 4.69) is 17.2 Å². The number of aromatic nitrogens is 1. The molecule has 148 valence electrons. The van der Waals surface area contributed by atoms with Crippen molar-refractivity contribution in [3.05, 3.63) is 45.9 Å². The number of halogens is 1. The molecule has 0 aliphatic heterocycles. The minimum atomic E-state index is 0.0209. The molecule has 2 aromatic heterocycles. The smallest absolute Gasteiger partial charge is 0.130 e. The summed E-state index contributed by atoms with van der Waals surface area (Å²) in [7, 11) is 2.03. The highest BCUT2D eigenvalue weighted by molar-refractivity contribution is 7.19. The summed E-state index contributed by atoms with van der Waals surface area (Å²) in [6, 6.07) is 8.49. The molecule has 1 saturated carbocycles. The number of pyridine rings is 1. The minimum Gasteiger partial charge on any atom is -0.490 e. The Labute approximate surface area is 174 Å². The lowest BCUT2D eigenvalue weighted by Crippen LogP contribution is -2.34. The third-order valence-corrected chi connectivity index (χ3v) is 6.88. The fourth-order valence-electron chi connectivity index (χ4n) is 4.00. The van der Waals surface area contributed by atoms with E-state index >= 15 is 0 Å². The first kappa shape index (κ1) is 19.6. The molecule has 6 heteroatoms. The standard InChI is InChI=1S/C22H25ClN2O2S/c1-13-9-14(23)10-19(21(13)27-16-5-3-15(24-2)4-6-16)18-7-8-25-20-11-17(12-26)28-22(18)20/h7-11,15-16,24,26H,3-6,12H2,1-2H3. The quantitative estimate of drug-likeness (QED) is 0.590. The van der Waals surface area contributed by atoms with Crippen LogP contribution in [0.3, 0.4) is 0 Å². The SMILES string of the molecule is CNC1CCC(Oc2c(C)cc(Cl)cc2-c2ccnc3cc(CO)sc23)CC1. The van der Waals surface area contributed by atoms with Crippen LogP contribution in [-0.4, -0.2) is 29.3 Å². The van der Waals surface area contributed by atoms with Gasteiger partial charge in [0.15, 0.2) is 0 Å². The van der Waals surface area contributed by atoms with Crippen LogP contribution in [0, 0.1) is 6.92 Å². The Morgan fingerprint density at radius 1 is 1.21 bits per heavy atom. The zero-order chi connectivity index (χ0) is 19.7. The van der Waals surface area contributed by atoms with E-state index < -0.39 is 0 Å². The van der Waals surface area contributed by atoms with Crippen LogP contribution in [0.5, 0.6) is 5.75 Å². The van der Waals surface area contributed by atoms with Crippen molar-refractivity contribution in [2.45, 2.75) is 51.4 Å². The maximum absolute atomic E-state index is 9.53. The van der Waals surface area contributed by atoms with Gasteiger partial charge < -0.3 is 15.2 Å². The lowest BCUT2D eigenvalue weighted by atomic mass is 9.93. The first-order chi connectivity index (χ1) is 13.6. The van der Waals surface area contributed by atoms with Gasteiger partial charge in [0.2, 0.25) is 0 Å². The Morgan fingerprint density at radius 2 is 2.00 bits per heavy atom. The predicted molar refractivity (Wildman–Crippen MR) is 116 cm³/mol. The van der Waals surface area contributed by atoms with Crippen molar-refractivity contribution in [1.82, 2.24) is 10.3 Å². The molecule has 3 aromatic rings. The second-order valence-electron chi connectivity index (χ2n) is 7.42. The van der Waals surface area contributed by atoms with Gasteiger partial charge in [-0.05, 0) is 69.5 Å². The minimum absolute atomic E-state index is 0.0209. The molecule has 0 bridgehead atoms. The number of fused-ring (bicyclic) bond motifs is 1. The van der Waals surface area contributed by atoms with Crippen LogP contribution in [0.2, 0.25) is 5.02 Å². The molecular formula is C22H25ClN2O2S. The van der Waals surface area contributed by atoms with E-state index in [4.69, 9.17) is 16.3 Å². The first-order valence-electron chi connectivity index (χ1n) is 9.71. The molecular weight excluding hydrogens is 392 g/mol. The molecule has 1 aromatic carbocycles. The highest BCUT2D eigenvalue weighted by Gasteiger charge is 2.24. The molecule has 0 atom stereocenters. The number of benzene rings is 1. The van der Waals surface area contributed by atoms with E-state index in [1.807, 2.05) is 37.5 Å². The van der Waals surface area contributed by atoms with Crippen molar-refractivity contribution in [1.29, 1.82) is 0 Å². The maximum atomic E-state index is 9.53. The topological polar surface area (TPSA) is 54.4 Å². The molecule has 2 N–H and O–H groups in total. The van der Waals surface area contributed by atoms with Crippen LogP contribution in [0.15, 0.2) is 30.5 Å². The van der Waals surface area contributed by atoms with Crippen molar-refractivity contribution in [3.8, 4) is 16.9 Å². The van der Waals surface area contributed by atoms with Crippen LogP contribution in [0.4, 0.5) is 0 Å². The van der Waals surface area contributed by atoms with Gasteiger partial charge in [-0.25, -0.2) is 0 Å². The van der Waals surface area contributed by atoms with Gasteiger partial charge in [-0.1, -0.05) is 11.6 Å². The molecule has 4 rings (SSSR count). The second kappa shape index (κ2) is 8.37. The molecule has 4 nitrogen and oxygen atoms in total. The molecule has 28 heavy (non-hydrogen) atoms. The number of nitrogens with one attached hydrogen (secondary N) is 1. The number of ether oxygens (including phenoxy) is 1. The lowest BCUT2D eigenvalue weighted by molar-refractivity contribution is 0.141. The predicted octanol–water partition coefficient (Wildman–Crippen LogP) is 5.33. The summed E-state index contributed by atoms with van der Waals surface area (Å²) in [6.45, 7) is 2.07. The Bertz CT molecular complexity index is 980. The molecule has 0 unspecified atom stereocenters. The van der Waals surface area contributed by atoms with Crippen LogP contribution in [0.1, 0.15) is 36.1 Å². The summed E-state index contributed by atoms with van der Waals surface area (Å²) in [5.74, 6) is 0.906. The molecule has 1 aliphatic rings. The number of hydrogen-bond acceptors (Lipinski definition) is 5. The zero-order valence-electron chi connectivity index (χ0n) is 16.2. The summed E-state index contributed by atoms with van der Waals surface area (Å²) in [4.78, 5) is 5.37. The first-order valence-corrected chi connectivity index (χ1v) is 10.9. The number of hydrogen-bond donors (Lipinski definition) is 2. The Kier molecular flexibility index (Phi) is 5.88. The average molecular weight is 417 g/mol. The van der Waals surface area contributed by atoms with Crippen molar-refractivity contribution >= 4 is 33.2 Å². The van der Waals surface area contributed by atoms with Crippen molar-refractivity contribution in [2.24, 2.45) is 0 Å². The fourth-order valence-corrected chi connectivity index (χ4v) is 5.27. The third kappa shape index (κ3) is 3.90. The lowest BCUT2D eigenvalue weighted by Gasteiger charge is -2.30. The van der Waals surface area contributed by atoms with Crippen LogP contribution in [0.25, 0.3) is 21.3 Å². The van der Waals surface area contributed by atoms with Crippen LogP contribution >= 0.6 is 22.9 Å². The Hall–Kier alpha value is -1.66. The van der Waals surface area contributed by atoms with E-state index in [1.165, 1.54) is 0 Å². The fraction of sp³-hybridized carbons (Fsp3) is 0.409. The summed E-state index contributed by atoms with van der Waals surface area (Å²) in [5, 5.41) is 13.6. The van der Waals surface area contributed by atoms with Gasteiger partial charge in [-0.15, -0.1) is 11.3 Å². The third-order valence-electron chi connectivity index (χ3n) is 5.52. The van der Waals surface area contributed by atoms with E-state index in [9.17, 15) is 5.11 Å². The molecule has 1 fully saturated rings. The van der Waals surface area contributed by atoms with Crippen LogP contribution < -0.4 is 10.1 Å². The molecule has 0 spiro atoms. The van der Waals surface area contributed by atoms with Gasteiger partial charge in [0, 0.05) is 33.3 Å². The van der Waals surface area contributed by atoms with E-state index in [0.717, 1.165) is 63.2 Å². The van der Waals surface area contributed by atoms with Crippen molar-refractivity contribution in [2.75, 3.05) is 7.05 Å². The van der Waals surface area contributed by atoms with Gasteiger partial charge in [-0.3, -0.25) is 4.98 Å². The number of rotatable bonds is 5. The van der Waals surface area contributed by atoms with Crippen molar-refractivity contribution in [3.63, 3.8) is 0 Å². The second-order valence-corrected chi connectivity index (χ2v) is 9.00. The van der Waals surface area contributed by atoms with Gasteiger partial charge >= 0.3 is 0 Å². The van der Waals surface area contributed by atoms with E-state index in [1.54, 1.807) is 11.3 Å². The van der Waals surface area contributed by atoms with Gasteiger partial charge in [0.05, 0.1) is 22.9 Å².